The van der Waals surface area contributed by atoms with Crippen LogP contribution in [0.1, 0.15) is 20.8 Å². The summed E-state index contributed by atoms with van der Waals surface area (Å²) >= 11 is 0. The molecule has 2 rings (SSSR count). The van der Waals surface area contributed by atoms with Crippen LogP contribution in [0.3, 0.4) is 0 Å². The second-order valence-electron chi connectivity index (χ2n) is 3.56. The number of rotatable bonds is 4. The number of carbonyl (C=O) groups excluding carboxylic acids is 1. The van der Waals surface area contributed by atoms with Crippen molar-refractivity contribution in [2.45, 2.75) is 0 Å². The standard InChI is InChI=1S/C12H10N2O5/c1-18-10-3-2-7(12(16)17)6-9(10)13-11(15)8-4-5-19-14-8/h2-6H,1H3,(H,13,15)(H,16,17). The number of anilines is 1. The molecule has 0 aliphatic rings. The number of nitrogens with one attached hydrogen (secondary N) is 1. The first kappa shape index (κ1) is 12.6. The molecule has 0 radical (unpaired) electrons. The molecule has 0 aliphatic carbocycles. The summed E-state index contributed by atoms with van der Waals surface area (Å²) in [5.41, 5.74) is 0.370. The number of hydrogen-bond acceptors (Lipinski definition) is 5. The van der Waals surface area contributed by atoms with Crippen molar-refractivity contribution in [1.82, 2.24) is 5.16 Å². The fraction of sp³-hybridized carbons (Fsp3) is 0.0833. The third kappa shape index (κ3) is 2.71. The Bertz CT molecular complexity index is 607. The number of ether oxygens (including phenoxy) is 1. The van der Waals surface area contributed by atoms with Crippen LogP contribution >= 0.6 is 0 Å². The Morgan fingerprint density at radius 1 is 1.37 bits per heavy atom. The van der Waals surface area contributed by atoms with Gasteiger partial charge in [0.1, 0.15) is 12.0 Å². The Kier molecular flexibility index (Phi) is 3.46. The van der Waals surface area contributed by atoms with Crippen LogP contribution in [0.4, 0.5) is 5.69 Å². The molecular weight excluding hydrogens is 252 g/mol. The molecule has 0 saturated heterocycles. The molecule has 2 aromatic rings. The van der Waals surface area contributed by atoms with Gasteiger partial charge in [-0.05, 0) is 18.2 Å². The summed E-state index contributed by atoms with van der Waals surface area (Å²) in [4.78, 5) is 22.7. The molecule has 7 nitrogen and oxygen atoms in total. The van der Waals surface area contributed by atoms with Gasteiger partial charge in [0.15, 0.2) is 5.69 Å². The van der Waals surface area contributed by atoms with E-state index in [1.807, 2.05) is 0 Å². The van der Waals surface area contributed by atoms with Crippen molar-refractivity contribution in [2.24, 2.45) is 0 Å². The van der Waals surface area contributed by atoms with Gasteiger partial charge in [-0.1, -0.05) is 5.16 Å². The maximum Gasteiger partial charge on any atom is 0.335 e. The minimum absolute atomic E-state index is 0.0382. The van der Waals surface area contributed by atoms with Crippen molar-refractivity contribution in [3.05, 3.63) is 41.8 Å². The summed E-state index contributed by atoms with van der Waals surface area (Å²) in [7, 11) is 1.42. The summed E-state index contributed by atoms with van der Waals surface area (Å²) in [6.45, 7) is 0. The lowest BCUT2D eigenvalue weighted by Crippen LogP contribution is -2.13. The van der Waals surface area contributed by atoms with E-state index in [1.165, 1.54) is 37.6 Å². The van der Waals surface area contributed by atoms with E-state index in [1.54, 1.807) is 0 Å². The minimum Gasteiger partial charge on any atom is -0.495 e. The molecule has 0 unspecified atom stereocenters. The highest BCUT2D eigenvalue weighted by Gasteiger charge is 2.14. The van der Waals surface area contributed by atoms with Crippen LogP contribution in [-0.4, -0.2) is 29.2 Å². The average Bonchev–Trinajstić information content (AvgIpc) is 2.92. The zero-order valence-electron chi connectivity index (χ0n) is 9.91. The quantitative estimate of drug-likeness (QED) is 0.868. The maximum atomic E-state index is 11.8. The first-order chi connectivity index (χ1) is 9.11. The van der Waals surface area contributed by atoms with Crippen LogP contribution < -0.4 is 10.1 Å². The molecule has 0 bridgehead atoms. The summed E-state index contributed by atoms with van der Waals surface area (Å²) in [6.07, 6.45) is 1.26. The molecule has 2 N–H and O–H groups in total. The van der Waals surface area contributed by atoms with Crippen LogP contribution in [-0.2, 0) is 0 Å². The molecule has 1 heterocycles. The highest BCUT2D eigenvalue weighted by atomic mass is 16.5. The van der Waals surface area contributed by atoms with Gasteiger partial charge in [-0.15, -0.1) is 0 Å². The molecule has 0 fully saturated rings. The Morgan fingerprint density at radius 3 is 2.74 bits per heavy atom. The normalized spacial score (nSPS) is 9.95. The van der Waals surface area contributed by atoms with E-state index < -0.39 is 11.9 Å². The number of carboxylic acids is 1. The summed E-state index contributed by atoms with van der Waals surface area (Å²) in [5, 5.41) is 14.9. The summed E-state index contributed by atoms with van der Waals surface area (Å²) < 4.78 is 9.60. The molecule has 0 spiro atoms. The lowest BCUT2D eigenvalue weighted by atomic mass is 10.2. The largest absolute Gasteiger partial charge is 0.495 e. The second kappa shape index (κ2) is 5.21. The van der Waals surface area contributed by atoms with Crippen molar-refractivity contribution in [3.63, 3.8) is 0 Å². The van der Waals surface area contributed by atoms with Crippen molar-refractivity contribution >= 4 is 17.6 Å². The van der Waals surface area contributed by atoms with E-state index in [9.17, 15) is 9.59 Å². The molecule has 98 valence electrons. The van der Waals surface area contributed by atoms with Gasteiger partial charge < -0.3 is 19.7 Å². The molecule has 19 heavy (non-hydrogen) atoms. The molecule has 1 aromatic carbocycles. The summed E-state index contributed by atoms with van der Waals surface area (Å²) in [5.74, 6) is -1.27. The molecule has 1 aromatic heterocycles. The number of nitrogens with zero attached hydrogens (tertiary/aromatic N) is 1. The van der Waals surface area contributed by atoms with E-state index >= 15 is 0 Å². The van der Waals surface area contributed by atoms with Crippen LogP contribution in [0.25, 0.3) is 0 Å². The molecule has 0 atom stereocenters. The van der Waals surface area contributed by atoms with Crippen molar-refractivity contribution < 1.29 is 24.0 Å². The first-order valence-corrected chi connectivity index (χ1v) is 5.25. The van der Waals surface area contributed by atoms with Gasteiger partial charge in [0, 0.05) is 6.07 Å². The number of aromatic nitrogens is 1. The maximum absolute atomic E-state index is 11.8. The SMILES string of the molecule is COc1ccc(C(=O)O)cc1NC(=O)c1ccon1. The van der Waals surface area contributed by atoms with E-state index in [0.717, 1.165) is 0 Å². The molecular formula is C12H10N2O5. The predicted octanol–water partition coefficient (Wildman–Crippen LogP) is 1.63. The van der Waals surface area contributed by atoms with Gasteiger partial charge >= 0.3 is 5.97 Å². The van der Waals surface area contributed by atoms with Gasteiger partial charge in [-0.2, -0.15) is 0 Å². The van der Waals surface area contributed by atoms with Crippen molar-refractivity contribution in [1.29, 1.82) is 0 Å². The van der Waals surface area contributed by atoms with Gasteiger partial charge in [-0.25, -0.2) is 4.79 Å². The fourth-order valence-electron chi connectivity index (χ4n) is 1.45. The Morgan fingerprint density at radius 2 is 2.16 bits per heavy atom. The van der Waals surface area contributed by atoms with Crippen molar-refractivity contribution in [2.75, 3.05) is 12.4 Å². The van der Waals surface area contributed by atoms with Crippen molar-refractivity contribution in [3.8, 4) is 5.75 Å². The lowest BCUT2D eigenvalue weighted by Gasteiger charge is -2.09. The zero-order chi connectivity index (χ0) is 13.8. The van der Waals surface area contributed by atoms with E-state index in [2.05, 4.69) is 15.0 Å². The predicted molar refractivity (Wildman–Crippen MR) is 64.4 cm³/mol. The fourth-order valence-corrected chi connectivity index (χ4v) is 1.45. The number of amides is 1. The van der Waals surface area contributed by atoms with E-state index in [0.29, 0.717) is 5.75 Å². The van der Waals surface area contributed by atoms with Crippen LogP contribution in [0, 0.1) is 0 Å². The monoisotopic (exact) mass is 262 g/mol. The van der Waals surface area contributed by atoms with Gasteiger partial charge in [0.2, 0.25) is 0 Å². The zero-order valence-corrected chi connectivity index (χ0v) is 9.91. The van der Waals surface area contributed by atoms with E-state index in [4.69, 9.17) is 9.84 Å². The van der Waals surface area contributed by atoms with Gasteiger partial charge in [0.25, 0.3) is 5.91 Å². The summed E-state index contributed by atoms with van der Waals surface area (Å²) in [6, 6.07) is 5.54. The molecule has 0 aliphatic heterocycles. The van der Waals surface area contributed by atoms with Crippen LogP contribution in [0.2, 0.25) is 0 Å². The van der Waals surface area contributed by atoms with Crippen LogP contribution in [0.5, 0.6) is 5.75 Å². The number of aromatic carboxylic acids is 1. The third-order valence-corrected chi connectivity index (χ3v) is 2.37. The second-order valence-corrected chi connectivity index (χ2v) is 3.56. The van der Waals surface area contributed by atoms with E-state index in [-0.39, 0.29) is 16.9 Å². The third-order valence-electron chi connectivity index (χ3n) is 2.37. The topological polar surface area (TPSA) is 102 Å². The minimum atomic E-state index is -1.10. The average molecular weight is 262 g/mol. The molecule has 1 amide bonds. The Balaban J connectivity index is 2.30. The Labute approximate surface area is 107 Å². The molecule has 7 heteroatoms. The number of carbonyl (C=O) groups is 2. The highest BCUT2D eigenvalue weighted by molar-refractivity contribution is 6.04. The Hall–Kier alpha value is -2.83. The molecule has 0 saturated carbocycles. The first-order valence-electron chi connectivity index (χ1n) is 5.25. The highest BCUT2D eigenvalue weighted by Crippen LogP contribution is 2.26. The lowest BCUT2D eigenvalue weighted by molar-refractivity contribution is 0.0696. The smallest absolute Gasteiger partial charge is 0.335 e. The van der Waals surface area contributed by atoms with Gasteiger partial charge in [0.05, 0.1) is 18.4 Å². The number of hydrogen-bond donors (Lipinski definition) is 2. The van der Waals surface area contributed by atoms with Gasteiger partial charge in [-0.3, -0.25) is 4.79 Å². The number of benzene rings is 1. The number of carboxylic acid groups (broad SMARTS) is 1. The number of methoxy groups -OCH3 is 1. The van der Waals surface area contributed by atoms with Crippen LogP contribution in [0.15, 0.2) is 35.1 Å².